The topological polar surface area (TPSA) is 64.6 Å². The Bertz CT molecular complexity index is 877. The summed E-state index contributed by atoms with van der Waals surface area (Å²) in [4.78, 5) is 0. The van der Waals surface area contributed by atoms with Crippen molar-refractivity contribution in [1.29, 1.82) is 0 Å². The second-order valence-corrected chi connectivity index (χ2v) is 6.26. The summed E-state index contributed by atoms with van der Waals surface area (Å²) in [6.07, 6.45) is -0.228. The summed E-state index contributed by atoms with van der Waals surface area (Å²) in [7, 11) is 7.96. The van der Waals surface area contributed by atoms with Gasteiger partial charge in [0.15, 0.2) is 23.0 Å². The van der Waals surface area contributed by atoms with E-state index in [0.717, 1.165) is 16.9 Å². The quantitative estimate of drug-likeness (QED) is 0.795. The molecule has 0 bridgehead atoms. The third-order valence-electron chi connectivity index (χ3n) is 5.06. The third kappa shape index (κ3) is 2.49. The molecule has 0 saturated heterocycles. The Labute approximate surface area is 157 Å². The number of benzene rings is 2. The molecule has 0 aliphatic carbocycles. The summed E-state index contributed by atoms with van der Waals surface area (Å²) in [5, 5.41) is 0. The van der Waals surface area contributed by atoms with Gasteiger partial charge in [0.1, 0.15) is 11.9 Å². The Morgan fingerprint density at radius 1 is 0.741 bits per heavy atom. The predicted molar refractivity (Wildman–Crippen MR) is 97.2 cm³/mol. The molecule has 2 aromatic rings. The number of ether oxygens (including phenoxy) is 7. The van der Waals surface area contributed by atoms with Crippen molar-refractivity contribution in [3.8, 4) is 40.2 Å². The lowest BCUT2D eigenvalue weighted by Crippen LogP contribution is -2.23. The minimum atomic E-state index is -0.228. The molecule has 0 aromatic heterocycles. The van der Waals surface area contributed by atoms with Crippen LogP contribution >= 0.6 is 0 Å². The van der Waals surface area contributed by atoms with Gasteiger partial charge >= 0.3 is 0 Å². The third-order valence-corrected chi connectivity index (χ3v) is 5.06. The van der Waals surface area contributed by atoms with Gasteiger partial charge in [-0.1, -0.05) is 0 Å². The van der Waals surface area contributed by atoms with Gasteiger partial charge in [-0.2, -0.15) is 0 Å². The van der Waals surface area contributed by atoms with E-state index in [1.54, 1.807) is 35.5 Å². The zero-order valence-electron chi connectivity index (χ0n) is 16.0. The van der Waals surface area contributed by atoms with Gasteiger partial charge in [-0.15, -0.1) is 0 Å². The molecule has 2 heterocycles. The summed E-state index contributed by atoms with van der Waals surface area (Å²) < 4.78 is 39.7. The van der Waals surface area contributed by atoms with Crippen LogP contribution in [-0.4, -0.2) is 42.2 Å². The first-order chi connectivity index (χ1) is 13.2. The normalized spacial score (nSPS) is 19.0. The van der Waals surface area contributed by atoms with Gasteiger partial charge in [0.25, 0.3) is 0 Å². The molecule has 7 nitrogen and oxygen atoms in total. The zero-order chi connectivity index (χ0) is 19.1. The number of rotatable bonds is 5. The van der Waals surface area contributed by atoms with E-state index in [9.17, 15) is 0 Å². The first-order valence-corrected chi connectivity index (χ1v) is 8.55. The average molecular weight is 374 g/mol. The van der Waals surface area contributed by atoms with Crippen molar-refractivity contribution in [3.63, 3.8) is 0 Å². The van der Waals surface area contributed by atoms with Crippen molar-refractivity contribution >= 4 is 0 Å². The molecule has 2 atom stereocenters. The van der Waals surface area contributed by atoms with Crippen LogP contribution in [0.5, 0.6) is 40.2 Å². The van der Waals surface area contributed by atoms with Gasteiger partial charge < -0.3 is 33.2 Å². The van der Waals surface area contributed by atoms with Crippen molar-refractivity contribution in [3.05, 3.63) is 29.3 Å². The van der Waals surface area contributed by atoms with Crippen molar-refractivity contribution in [2.75, 3.05) is 42.2 Å². The monoisotopic (exact) mass is 374 g/mol. The Morgan fingerprint density at radius 2 is 1.37 bits per heavy atom. The van der Waals surface area contributed by atoms with Crippen LogP contribution in [0.1, 0.15) is 23.1 Å². The van der Waals surface area contributed by atoms with Crippen LogP contribution in [0.2, 0.25) is 0 Å². The molecule has 0 saturated carbocycles. The SMILES string of the molecule is COc1cc2c(cc1OC)[C@@H]1Oc3c(cc(OC)c(OC)c3OC)[C@H]1CO2. The van der Waals surface area contributed by atoms with Crippen LogP contribution in [0.15, 0.2) is 18.2 Å². The molecule has 0 unspecified atom stereocenters. The maximum Gasteiger partial charge on any atom is 0.207 e. The van der Waals surface area contributed by atoms with E-state index in [2.05, 4.69) is 0 Å². The molecular weight excluding hydrogens is 352 g/mol. The minimum absolute atomic E-state index is 0.000642. The molecule has 2 aliphatic rings. The summed E-state index contributed by atoms with van der Waals surface area (Å²) in [5.41, 5.74) is 1.87. The summed E-state index contributed by atoms with van der Waals surface area (Å²) >= 11 is 0. The molecule has 4 rings (SSSR count). The average Bonchev–Trinajstić information content (AvgIpc) is 3.09. The van der Waals surface area contributed by atoms with Gasteiger partial charge in [0, 0.05) is 17.2 Å². The molecule has 2 aromatic carbocycles. The van der Waals surface area contributed by atoms with Crippen LogP contribution in [0.4, 0.5) is 0 Å². The molecule has 144 valence electrons. The fourth-order valence-electron chi connectivity index (χ4n) is 3.78. The summed E-state index contributed by atoms with van der Waals surface area (Å²) in [6, 6.07) is 5.66. The maximum absolute atomic E-state index is 6.34. The number of fused-ring (bicyclic) bond motifs is 5. The van der Waals surface area contributed by atoms with Crippen LogP contribution < -0.4 is 33.2 Å². The largest absolute Gasteiger partial charge is 0.493 e. The first kappa shape index (κ1) is 17.5. The van der Waals surface area contributed by atoms with Crippen LogP contribution in [0.25, 0.3) is 0 Å². The lowest BCUT2D eigenvalue weighted by molar-refractivity contribution is 0.136. The van der Waals surface area contributed by atoms with E-state index in [1.165, 1.54) is 0 Å². The second kappa shape index (κ2) is 6.64. The van der Waals surface area contributed by atoms with Crippen LogP contribution in [0.3, 0.4) is 0 Å². The van der Waals surface area contributed by atoms with Crippen LogP contribution in [0, 0.1) is 0 Å². The van der Waals surface area contributed by atoms with E-state index < -0.39 is 0 Å². The summed E-state index contributed by atoms with van der Waals surface area (Å²) in [6.45, 7) is 0.471. The zero-order valence-corrected chi connectivity index (χ0v) is 16.0. The maximum atomic E-state index is 6.34. The molecule has 0 amide bonds. The number of hydrogen-bond donors (Lipinski definition) is 0. The molecule has 0 spiro atoms. The standard InChI is InChI=1S/C20H22O7/c1-21-14-7-11-13(8-15(14)22-2)26-9-12-10-6-16(23-3)19(24-4)20(25-5)18(10)27-17(11)12/h6-8,12,17H,9H2,1-5H3/t12-,17+/m1/s1. The number of methoxy groups -OCH3 is 5. The van der Waals surface area contributed by atoms with E-state index in [-0.39, 0.29) is 12.0 Å². The van der Waals surface area contributed by atoms with Crippen molar-refractivity contribution in [2.24, 2.45) is 0 Å². The van der Waals surface area contributed by atoms with E-state index >= 15 is 0 Å². The molecule has 0 N–H and O–H groups in total. The Morgan fingerprint density at radius 3 is 2.00 bits per heavy atom. The van der Waals surface area contributed by atoms with E-state index in [1.807, 2.05) is 18.2 Å². The van der Waals surface area contributed by atoms with Crippen LogP contribution in [-0.2, 0) is 0 Å². The van der Waals surface area contributed by atoms with Crippen molar-refractivity contribution in [1.82, 2.24) is 0 Å². The fourth-order valence-corrected chi connectivity index (χ4v) is 3.78. The molecule has 7 heteroatoms. The van der Waals surface area contributed by atoms with E-state index in [0.29, 0.717) is 41.1 Å². The highest BCUT2D eigenvalue weighted by Crippen LogP contribution is 2.59. The van der Waals surface area contributed by atoms with Crippen molar-refractivity contribution < 1.29 is 33.2 Å². The molecule has 0 fully saturated rings. The Kier molecular flexibility index (Phi) is 4.30. The lowest BCUT2D eigenvalue weighted by atomic mass is 9.89. The predicted octanol–water partition coefficient (Wildman–Crippen LogP) is 3.34. The highest BCUT2D eigenvalue weighted by molar-refractivity contribution is 5.66. The molecule has 27 heavy (non-hydrogen) atoms. The van der Waals surface area contributed by atoms with E-state index in [4.69, 9.17) is 33.2 Å². The minimum Gasteiger partial charge on any atom is -0.493 e. The Hall–Kier alpha value is -2.96. The van der Waals surface area contributed by atoms with Gasteiger partial charge in [-0.3, -0.25) is 0 Å². The smallest absolute Gasteiger partial charge is 0.207 e. The van der Waals surface area contributed by atoms with Gasteiger partial charge in [0.2, 0.25) is 11.5 Å². The lowest BCUT2D eigenvalue weighted by Gasteiger charge is -2.28. The summed E-state index contributed by atoms with van der Waals surface area (Å²) in [5.74, 6) is 4.23. The van der Waals surface area contributed by atoms with Crippen molar-refractivity contribution in [2.45, 2.75) is 12.0 Å². The van der Waals surface area contributed by atoms with Gasteiger partial charge in [-0.25, -0.2) is 0 Å². The Balaban J connectivity index is 1.84. The number of hydrogen-bond acceptors (Lipinski definition) is 7. The van der Waals surface area contributed by atoms with Gasteiger partial charge in [0.05, 0.1) is 48.1 Å². The highest BCUT2D eigenvalue weighted by atomic mass is 16.6. The fraction of sp³-hybridized carbons (Fsp3) is 0.400. The second-order valence-electron chi connectivity index (χ2n) is 6.26. The molecule has 2 aliphatic heterocycles. The molecule has 0 radical (unpaired) electrons. The molecular formula is C20H22O7. The van der Waals surface area contributed by atoms with Gasteiger partial charge in [-0.05, 0) is 12.1 Å². The first-order valence-electron chi connectivity index (χ1n) is 8.55. The highest BCUT2D eigenvalue weighted by Gasteiger charge is 2.44.